The lowest BCUT2D eigenvalue weighted by Crippen LogP contribution is -2.54. The molecule has 0 spiro atoms. The number of para-hydroxylation sites is 1. The van der Waals surface area contributed by atoms with E-state index in [9.17, 15) is 9.59 Å². The number of benzene rings is 2. The molecule has 0 aliphatic carbocycles. The molecule has 1 aromatic heterocycles. The van der Waals surface area contributed by atoms with Crippen molar-refractivity contribution in [1.82, 2.24) is 9.88 Å². The summed E-state index contributed by atoms with van der Waals surface area (Å²) >= 11 is 17.6. The van der Waals surface area contributed by atoms with Gasteiger partial charge in [0, 0.05) is 17.1 Å². The average molecular weight is 456 g/mol. The fourth-order valence-corrected chi connectivity index (χ4v) is 3.94. The van der Waals surface area contributed by atoms with Crippen LogP contribution in [0.15, 0.2) is 66.2 Å². The third-order valence-electron chi connectivity index (χ3n) is 4.69. The number of aromatic nitrogens is 1. The Kier molecular flexibility index (Phi) is 5.47. The smallest absolute Gasteiger partial charge is 0.270 e. The Labute approximate surface area is 188 Å². The molecule has 1 fully saturated rings. The van der Waals surface area contributed by atoms with Crippen molar-refractivity contribution < 1.29 is 9.59 Å². The maximum absolute atomic E-state index is 13.3. The molecule has 0 radical (unpaired) electrons. The number of aryl methyl sites for hydroxylation is 1. The largest absolute Gasteiger partial charge is 0.314 e. The molecule has 8 heteroatoms. The van der Waals surface area contributed by atoms with E-state index >= 15 is 0 Å². The summed E-state index contributed by atoms with van der Waals surface area (Å²) in [6.07, 6.45) is 1.55. The fraction of sp³-hybridized carbons (Fsp3) is 0.0455. The molecule has 1 N–H and O–H groups in total. The summed E-state index contributed by atoms with van der Waals surface area (Å²) in [6.45, 7) is 1.95. The van der Waals surface area contributed by atoms with Crippen LogP contribution in [0.25, 0.3) is 11.8 Å². The van der Waals surface area contributed by atoms with Gasteiger partial charge in [-0.05, 0) is 61.6 Å². The second-order valence-corrected chi connectivity index (χ2v) is 7.77. The molecule has 0 saturated carbocycles. The van der Waals surface area contributed by atoms with Crippen molar-refractivity contribution in [3.05, 3.63) is 87.7 Å². The maximum atomic E-state index is 13.3. The van der Waals surface area contributed by atoms with Crippen molar-refractivity contribution in [2.24, 2.45) is 0 Å². The topological polar surface area (TPSA) is 54.3 Å². The number of hydrogen-bond donors (Lipinski definition) is 1. The van der Waals surface area contributed by atoms with Gasteiger partial charge < -0.3 is 4.57 Å². The van der Waals surface area contributed by atoms with E-state index in [0.29, 0.717) is 11.4 Å². The van der Waals surface area contributed by atoms with Crippen molar-refractivity contribution >= 4 is 64.1 Å². The molecule has 30 heavy (non-hydrogen) atoms. The number of halogens is 2. The van der Waals surface area contributed by atoms with Gasteiger partial charge in [-0.1, -0.05) is 47.5 Å². The van der Waals surface area contributed by atoms with E-state index in [4.69, 9.17) is 35.4 Å². The van der Waals surface area contributed by atoms with Crippen molar-refractivity contribution in [3.8, 4) is 5.69 Å². The lowest BCUT2D eigenvalue weighted by Gasteiger charge is -2.29. The Morgan fingerprint density at radius 2 is 1.70 bits per heavy atom. The van der Waals surface area contributed by atoms with E-state index in [1.54, 1.807) is 24.3 Å². The Morgan fingerprint density at radius 1 is 0.967 bits per heavy atom. The quantitative estimate of drug-likeness (QED) is 0.346. The number of hydrogen-bond acceptors (Lipinski definition) is 3. The number of thiocarbonyl (C=S) groups is 1. The summed E-state index contributed by atoms with van der Waals surface area (Å²) in [7, 11) is 0. The van der Waals surface area contributed by atoms with Crippen LogP contribution in [0.1, 0.15) is 11.4 Å². The fourth-order valence-electron chi connectivity index (χ4n) is 3.29. The van der Waals surface area contributed by atoms with E-state index in [2.05, 4.69) is 5.32 Å². The van der Waals surface area contributed by atoms with Crippen LogP contribution in [0.5, 0.6) is 0 Å². The van der Waals surface area contributed by atoms with Gasteiger partial charge in [-0.25, -0.2) is 0 Å². The van der Waals surface area contributed by atoms with Crippen molar-refractivity contribution in [2.45, 2.75) is 6.92 Å². The molecule has 2 amide bonds. The minimum Gasteiger partial charge on any atom is -0.314 e. The first-order chi connectivity index (χ1) is 14.4. The van der Waals surface area contributed by atoms with Gasteiger partial charge in [-0.3, -0.25) is 19.8 Å². The highest BCUT2D eigenvalue weighted by atomic mass is 35.5. The number of carbonyl (C=O) groups is 2. The summed E-state index contributed by atoms with van der Waals surface area (Å²) in [4.78, 5) is 27.1. The highest BCUT2D eigenvalue weighted by molar-refractivity contribution is 7.80. The zero-order valence-electron chi connectivity index (χ0n) is 15.7. The van der Waals surface area contributed by atoms with E-state index in [-0.39, 0.29) is 20.7 Å². The molecule has 2 heterocycles. The van der Waals surface area contributed by atoms with Gasteiger partial charge in [-0.2, -0.15) is 0 Å². The van der Waals surface area contributed by atoms with Crippen LogP contribution in [0.3, 0.4) is 0 Å². The van der Waals surface area contributed by atoms with Crippen LogP contribution in [-0.2, 0) is 9.59 Å². The monoisotopic (exact) mass is 455 g/mol. The molecule has 2 aromatic carbocycles. The van der Waals surface area contributed by atoms with Crippen LogP contribution >= 0.6 is 35.4 Å². The molecular formula is C22H15Cl2N3O2S. The predicted octanol–water partition coefficient (Wildman–Crippen LogP) is 4.92. The Hall–Kier alpha value is -2.93. The minimum atomic E-state index is -0.577. The SMILES string of the molecule is Cc1ccc(/C=C2\C(=O)NC(=S)N(c3cccc(Cl)c3Cl)C2=O)n1-c1ccccc1. The zero-order valence-corrected chi connectivity index (χ0v) is 18.1. The second kappa shape index (κ2) is 8.07. The number of amides is 2. The van der Waals surface area contributed by atoms with E-state index in [0.717, 1.165) is 11.4 Å². The van der Waals surface area contributed by atoms with Crippen LogP contribution in [0, 0.1) is 6.92 Å². The number of nitrogens with one attached hydrogen (secondary N) is 1. The highest BCUT2D eigenvalue weighted by Crippen LogP contribution is 2.34. The third-order valence-corrected chi connectivity index (χ3v) is 5.78. The predicted molar refractivity (Wildman–Crippen MR) is 123 cm³/mol. The van der Waals surface area contributed by atoms with Gasteiger partial charge in [0.1, 0.15) is 5.57 Å². The molecule has 1 aliphatic rings. The standard InChI is InChI=1S/C22H15Cl2N3O2S/c1-13-10-11-15(26(13)14-6-3-2-4-7-14)12-16-20(28)25-22(30)27(21(16)29)18-9-5-8-17(23)19(18)24/h2-12H,1H3,(H,25,28,30)/b16-12+. The summed E-state index contributed by atoms with van der Waals surface area (Å²) in [5, 5.41) is 2.96. The van der Waals surface area contributed by atoms with Crippen LogP contribution in [-0.4, -0.2) is 21.5 Å². The maximum Gasteiger partial charge on any atom is 0.270 e. The van der Waals surface area contributed by atoms with E-state index in [1.165, 1.54) is 4.90 Å². The zero-order chi connectivity index (χ0) is 21.4. The Morgan fingerprint density at radius 3 is 2.43 bits per heavy atom. The molecule has 1 aliphatic heterocycles. The van der Waals surface area contributed by atoms with Crippen molar-refractivity contribution in [3.63, 3.8) is 0 Å². The van der Waals surface area contributed by atoms with Crippen molar-refractivity contribution in [1.29, 1.82) is 0 Å². The lowest BCUT2D eigenvalue weighted by molar-refractivity contribution is -0.122. The third kappa shape index (κ3) is 3.54. The van der Waals surface area contributed by atoms with Crippen LogP contribution < -0.4 is 10.2 Å². The summed E-state index contributed by atoms with van der Waals surface area (Å²) < 4.78 is 1.96. The molecule has 0 bridgehead atoms. The van der Waals surface area contributed by atoms with Gasteiger partial charge in [0.15, 0.2) is 5.11 Å². The summed E-state index contributed by atoms with van der Waals surface area (Å²) in [5.41, 5.74) is 2.81. The van der Waals surface area contributed by atoms with Gasteiger partial charge >= 0.3 is 0 Å². The summed E-state index contributed by atoms with van der Waals surface area (Å²) in [5.74, 6) is -1.15. The molecule has 150 valence electrons. The van der Waals surface area contributed by atoms with Gasteiger partial charge in [0.2, 0.25) is 0 Å². The first kappa shape index (κ1) is 20.3. The Bertz CT molecular complexity index is 1220. The van der Waals surface area contributed by atoms with Gasteiger partial charge in [-0.15, -0.1) is 0 Å². The molecular weight excluding hydrogens is 441 g/mol. The highest BCUT2D eigenvalue weighted by Gasteiger charge is 2.36. The average Bonchev–Trinajstić information content (AvgIpc) is 3.09. The van der Waals surface area contributed by atoms with Crippen LogP contribution in [0.2, 0.25) is 10.0 Å². The second-order valence-electron chi connectivity index (χ2n) is 6.60. The van der Waals surface area contributed by atoms with Gasteiger partial charge in [0.05, 0.1) is 15.7 Å². The van der Waals surface area contributed by atoms with Gasteiger partial charge in [0.25, 0.3) is 11.8 Å². The minimum absolute atomic E-state index is 0.0547. The lowest BCUT2D eigenvalue weighted by atomic mass is 10.1. The number of nitrogens with zero attached hydrogens (tertiary/aromatic N) is 2. The van der Waals surface area contributed by atoms with Crippen molar-refractivity contribution in [2.75, 3.05) is 4.90 Å². The molecule has 0 unspecified atom stereocenters. The Balaban J connectivity index is 1.81. The summed E-state index contributed by atoms with van der Waals surface area (Å²) in [6, 6.07) is 18.3. The molecule has 1 saturated heterocycles. The number of anilines is 1. The number of rotatable bonds is 3. The number of carbonyl (C=O) groups excluding carboxylic acids is 2. The van der Waals surface area contributed by atoms with Crippen LogP contribution in [0.4, 0.5) is 5.69 Å². The first-order valence-electron chi connectivity index (χ1n) is 8.97. The molecule has 0 atom stereocenters. The molecule has 3 aromatic rings. The van der Waals surface area contributed by atoms with E-state index in [1.807, 2.05) is 54.0 Å². The molecule has 5 nitrogen and oxygen atoms in total. The first-order valence-corrected chi connectivity index (χ1v) is 10.1. The van der Waals surface area contributed by atoms with E-state index < -0.39 is 11.8 Å². The molecule has 4 rings (SSSR count). The normalized spacial score (nSPS) is 15.6.